The number of carbonyl (C=O) groups is 1. The number of halogens is 1. The number of rotatable bonds is 5. The number of aromatic nitrogens is 3. The molecule has 0 spiro atoms. The van der Waals surface area contributed by atoms with Crippen LogP contribution in [0, 0.1) is 13.8 Å². The van der Waals surface area contributed by atoms with Crippen LogP contribution >= 0.6 is 22.9 Å². The number of hydrogen-bond acceptors (Lipinski definition) is 6. The Morgan fingerprint density at radius 1 is 1.31 bits per heavy atom. The van der Waals surface area contributed by atoms with E-state index in [1.165, 1.54) is 11.3 Å². The summed E-state index contributed by atoms with van der Waals surface area (Å²) in [5.74, 6) is -0.126. The quantitative estimate of drug-likeness (QED) is 0.617. The van der Waals surface area contributed by atoms with Crippen LogP contribution in [0.4, 0.5) is 5.13 Å². The second kappa shape index (κ2) is 8.39. The molecule has 0 radical (unpaired) electrons. The van der Waals surface area contributed by atoms with Gasteiger partial charge >= 0.3 is 0 Å². The van der Waals surface area contributed by atoms with Crippen LogP contribution in [0.1, 0.15) is 21.6 Å². The third-order valence-corrected chi connectivity index (χ3v) is 6.62. The van der Waals surface area contributed by atoms with E-state index in [0.29, 0.717) is 22.4 Å². The molecule has 3 heterocycles. The van der Waals surface area contributed by atoms with E-state index in [1.54, 1.807) is 9.58 Å². The summed E-state index contributed by atoms with van der Waals surface area (Å²) in [6, 6.07) is 3.84. The average molecular weight is 434 g/mol. The fraction of sp³-hybridized carbons (Fsp3) is 0.450. The normalized spacial score (nSPS) is 15.2. The number of hydrogen-bond donors (Lipinski definition) is 0. The zero-order valence-corrected chi connectivity index (χ0v) is 18.4. The van der Waals surface area contributed by atoms with Crippen molar-refractivity contribution in [3.8, 4) is 0 Å². The molecule has 0 bridgehead atoms. The largest absolute Gasteiger partial charge is 0.379 e. The number of anilines is 1. The first-order valence-corrected chi connectivity index (χ1v) is 10.8. The SMILES string of the molecule is Cc1cn(C)nc1C(=O)N(CCN1CCOCC1)c1nc2c(C)c(Cl)ccc2s1. The molecule has 29 heavy (non-hydrogen) atoms. The molecular formula is C20H24ClN5O2S. The van der Waals surface area contributed by atoms with Crippen LogP contribution in [-0.4, -0.2) is 65.0 Å². The van der Waals surface area contributed by atoms with Crippen molar-refractivity contribution in [2.24, 2.45) is 7.05 Å². The van der Waals surface area contributed by atoms with Crippen molar-refractivity contribution < 1.29 is 9.53 Å². The molecule has 1 aliphatic heterocycles. The van der Waals surface area contributed by atoms with E-state index in [4.69, 9.17) is 21.3 Å². The standard InChI is InChI=1S/C20H24ClN5O2S/c1-13-12-24(3)23-17(13)19(27)26(7-6-25-8-10-28-11-9-25)20-22-18-14(2)15(21)4-5-16(18)29-20/h4-5,12H,6-11H2,1-3H3. The van der Waals surface area contributed by atoms with Gasteiger partial charge < -0.3 is 4.74 Å². The number of benzene rings is 1. The summed E-state index contributed by atoms with van der Waals surface area (Å²) < 4.78 is 8.12. The molecule has 0 N–H and O–H groups in total. The van der Waals surface area contributed by atoms with Gasteiger partial charge in [0.2, 0.25) is 0 Å². The molecule has 0 unspecified atom stereocenters. The van der Waals surface area contributed by atoms with E-state index in [9.17, 15) is 4.79 Å². The van der Waals surface area contributed by atoms with Crippen molar-refractivity contribution in [3.05, 3.63) is 40.2 Å². The zero-order chi connectivity index (χ0) is 20.5. The Labute approximate surface area is 178 Å². The summed E-state index contributed by atoms with van der Waals surface area (Å²) in [6.45, 7) is 8.37. The number of nitrogens with zero attached hydrogens (tertiary/aromatic N) is 5. The van der Waals surface area contributed by atoms with Gasteiger partial charge in [-0.05, 0) is 31.5 Å². The van der Waals surface area contributed by atoms with E-state index < -0.39 is 0 Å². The van der Waals surface area contributed by atoms with E-state index in [-0.39, 0.29) is 5.91 Å². The van der Waals surface area contributed by atoms with Gasteiger partial charge in [0.1, 0.15) is 0 Å². The predicted octanol–water partition coefficient (Wildman–Crippen LogP) is 3.28. The van der Waals surface area contributed by atoms with E-state index in [0.717, 1.165) is 54.2 Å². The van der Waals surface area contributed by atoms with E-state index >= 15 is 0 Å². The number of fused-ring (bicyclic) bond motifs is 1. The highest BCUT2D eigenvalue weighted by molar-refractivity contribution is 7.22. The third-order valence-electron chi connectivity index (χ3n) is 5.17. The van der Waals surface area contributed by atoms with Gasteiger partial charge in [0, 0.05) is 50.0 Å². The Bertz CT molecular complexity index is 1040. The van der Waals surface area contributed by atoms with Gasteiger partial charge in [0.15, 0.2) is 10.8 Å². The van der Waals surface area contributed by atoms with Gasteiger partial charge in [0.25, 0.3) is 5.91 Å². The fourth-order valence-corrected chi connectivity index (χ4v) is 4.70. The van der Waals surface area contributed by atoms with Crippen molar-refractivity contribution >= 4 is 44.2 Å². The maximum atomic E-state index is 13.4. The second-order valence-corrected chi connectivity index (χ2v) is 8.68. The Morgan fingerprint density at radius 3 is 2.76 bits per heavy atom. The van der Waals surface area contributed by atoms with Gasteiger partial charge in [0.05, 0.1) is 23.4 Å². The summed E-state index contributed by atoms with van der Waals surface area (Å²) in [4.78, 5) is 22.3. The Balaban J connectivity index is 1.68. The molecule has 1 fully saturated rings. The molecule has 0 atom stereocenters. The second-order valence-electron chi connectivity index (χ2n) is 7.26. The molecule has 1 aromatic carbocycles. The van der Waals surface area contributed by atoms with Crippen LogP contribution in [0.2, 0.25) is 5.02 Å². The topological polar surface area (TPSA) is 63.5 Å². The minimum Gasteiger partial charge on any atom is -0.379 e. The van der Waals surface area contributed by atoms with Crippen molar-refractivity contribution in [1.29, 1.82) is 0 Å². The summed E-state index contributed by atoms with van der Waals surface area (Å²) >= 11 is 7.78. The maximum Gasteiger partial charge on any atom is 0.280 e. The van der Waals surface area contributed by atoms with Crippen LogP contribution < -0.4 is 4.90 Å². The molecule has 1 amide bonds. The molecule has 4 rings (SSSR count). The molecule has 7 nitrogen and oxygen atoms in total. The van der Waals surface area contributed by atoms with Crippen molar-refractivity contribution in [2.45, 2.75) is 13.8 Å². The zero-order valence-electron chi connectivity index (χ0n) is 16.8. The molecule has 1 saturated heterocycles. The smallest absolute Gasteiger partial charge is 0.280 e. The maximum absolute atomic E-state index is 13.4. The number of ether oxygens (including phenoxy) is 1. The molecule has 0 saturated carbocycles. The van der Waals surface area contributed by atoms with E-state index in [2.05, 4.69) is 10.00 Å². The lowest BCUT2D eigenvalue weighted by Crippen LogP contribution is -2.43. The lowest BCUT2D eigenvalue weighted by atomic mass is 10.2. The van der Waals surface area contributed by atoms with Crippen molar-refractivity contribution in [3.63, 3.8) is 0 Å². The first-order valence-electron chi connectivity index (χ1n) is 9.62. The summed E-state index contributed by atoms with van der Waals surface area (Å²) in [5.41, 5.74) is 3.10. The van der Waals surface area contributed by atoms with Crippen molar-refractivity contribution in [1.82, 2.24) is 19.7 Å². The lowest BCUT2D eigenvalue weighted by Gasteiger charge is -2.29. The molecule has 0 aliphatic carbocycles. The van der Waals surface area contributed by atoms with Crippen LogP contribution in [0.25, 0.3) is 10.2 Å². The van der Waals surface area contributed by atoms with Crippen LogP contribution in [0.5, 0.6) is 0 Å². The van der Waals surface area contributed by atoms with E-state index in [1.807, 2.05) is 39.2 Å². The number of morpholine rings is 1. The Hall–Kier alpha value is -2.00. The van der Waals surface area contributed by atoms with Gasteiger partial charge in [-0.25, -0.2) is 4.98 Å². The first kappa shape index (κ1) is 20.3. The molecule has 9 heteroatoms. The van der Waals surface area contributed by atoms with Gasteiger partial charge in [-0.3, -0.25) is 19.3 Å². The Kier molecular flexibility index (Phi) is 5.87. The molecule has 154 valence electrons. The van der Waals surface area contributed by atoms with Crippen LogP contribution in [0.15, 0.2) is 18.3 Å². The molecule has 2 aromatic heterocycles. The monoisotopic (exact) mass is 433 g/mol. The van der Waals surface area contributed by atoms with Crippen molar-refractivity contribution in [2.75, 3.05) is 44.3 Å². The summed E-state index contributed by atoms with van der Waals surface area (Å²) in [6.07, 6.45) is 1.86. The summed E-state index contributed by atoms with van der Waals surface area (Å²) in [5, 5.41) is 5.74. The first-order chi connectivity index (χ1) is 13.9. The molecule has 1 aliphatic rings. The average Bonchev–Trinajstić information content (AvgIpc) is 3.29. The fourth-order valence-electron chi connectivity index (χ4n) is 3.50. The van der Waals surface area contributed by atoms with Gasteiger partial charge in [-0.1, -0.05) is 22.9 Å². The summed E-state index contributed by atoms with van der Waals surface area (Å²) in [7, 11) is 1.82. The molecular weight excluding hydrogens is 410 g/mol. The predicted molar refractivity (Wildman–Crippen MR) is 116 cm³/mol. The van der Waals surface area contributed by atoms with Crippen LogP contribution in [-0.2, 0) is 11.8 Å². The van der Waals surface area contributed by atoms with Crippen LogP contribution in [0.3, 0.4) is 0 Å². The highest BCUT2D eigenvalue weighted by Crippen LogP contribution is 2.34. The van der Waals surface area contributed by atoms with Gasteiger partial charge in [-0.2, -0.15) is 5.10 Å². The highest BCUT2D eigenvalue weighted by Gasteiger charge is 2.26. The number of amides is 1. The van der Waals surface area contributed by atoms with Gasteiger partial charge in [-0.15, -0.1) is 0 Å². The number of thiazole rings is 1. The minimum absolute atomic E-state index is 0.126. The number of carbonyl (C=O) groups excluding carboxylic acids is 1. The minimum atomic E-state index is -0.126. The number of aryl methyl sites for hydroxylation is 3. The lowest BCUT2D eigenvalue weighted by molar-refractivity contribution is 0.0391. The molecule has 3 aromatic rings. The Morgan fingerprint density at radius 2 is 2.07 bits per heavy atom. The third kappa shape index (κ3) is 4.16. The highest BCUT2D eigenvalue weighted by atomic mass is 35.5.